The second kappa shape index (κ2) is 3.99. The zero-order valence-corrected chi connectivity index (χ0v) is 8.01. The Morgan fingerprint density at radius 2 is 2.13 bits per heavy atom. The third-order valence-corrected chi connectivity index (χ3v) is 2.65. The molecule has 0 heterocycles. The predicted octanol–water partition coefficient (Wildman–Crippen LogP) is 0.0491. The molecule has 7 nitrogen and oxygen atoms in total. The van der Waals surface area contributed by atoms with Gasteiger partial charge in [-0.25, -0.2) is 8.42 Å². The Morgan fingerprint density at radius 3 is 2.67 bits per heavy atom. The van der Waals surface area contributed by atoms with Crippen molar-refractivity contribution < 1.29 is 18.3 Å². The monoisotopic (exact) mass is 226 g/mol. The molecule has 0 bridgehead atoms. The van der Waals surface area contributed by atoms with Crippen LogP contribution in [0.3, 0.4) is 0 Å². The molecular formula is C7H4N3O4S-. The van der Waals surface area contributed by atoms with Crippen LogP contribution in [-0.2, 0) is 10.0 Å². The molecule has 0 saturated carbocycles. The molecule has 0 saturated heterocycles. The standard InChI is InChI=1S/C7H5N3O4S/c8-9-10-15(13,14)6-3-1-2-5(4-6)7(11)12/h1-4H,(H,11,12)/p-1. The molecule has 0 aliphatic heterocycles. The Balaban J connectivity index is 3.34. The number of carbonyl (C=O) groups excluding carboxylic acids is 1. The number of carboxylic acids is 1. The first-order valence-electron chi connectivity index (χ1n) is 3.60. The second-order valence-corrected chi connectivity index (χ2v) is 4.05. The average Bonchev–Trinajstić information content (AvgIpc) is 2.18. The van der Waals surface area contributed by atoms with Gasteiger partial charge in [-0.05, 0) is 23.2 Å². The maximum Gasteiger partial charge on any atom is 0.264 e. The molecule has 0 fully saturated rings. The number of sulfonamides is 1. The Hall–Kier alpha value is -2.05. The molecule has 15 heavy (non-hydrogen) atoms. The van der Waals surface area contributed by atoms with Crippen molar-refractivity contribution in [2.24, 2.45) is 4.52 Å². The van der Waals surface area contributed by atoms with Gasteiger partial charge in [0, 0.05) is 9.43 Å². The molecule has 0 aromatic heterocycles. The van der Waals surface area contributed by atoms with Crippen molar-refractivity contribution in [3.8, 4) is 0 Å². The molecule has 0 unspecified atom stereocenters. The van der Waals surface area contributed by atoms with E-state index in [1.807, 2.05) is 0 Å². The Morgan fingerprint density at radius 1 is 1.47 bits per heavy atom. The number of carboxylic acid groups (broad SMARTS) is 1. The van der Waals surface area contributed by atoms with Crippen LogP contribution in [0.15, 0.2) is 33.7 Å². The molecule has 8 heteroatoms. The second-order valence-electron chi connectivity index (χ2n) is 2.46. The first kappa shape index (κ1) is 11.0. The summed E-state index contributed by atoms with van der Waals surface area (Å²) < 4.78 is 24.9. The molecule has 1 aromatic rings. The largest absolute Gasteiger partial charge is 0.545 e. The molecule has 0 amide bonds. The average molecular weight is 226 g/mol. The number of nitrogens with zero attached hydrogens (tertiary/aromatic N) is 3. The fourth-order valence-corrected chi connectivity index (χ4v) is 1.60. The lowest BCUT2D eigenvalue weighted by molar-refractivity contribution is -0.255. The van der Waals surface area contributed by atoms with Crippen molar-refractivity contribution in [1.29, 1.82) is 0 Å². The summed E-state index contributed by atoms with van der Waals surface area (Å²) in [6.45, 7) is 0. The molecule has 1 aromatic carbocycles. The zero-order valence-electron chi connectivity index (χ0n) is 7.19. The Labute approximate surface area is 84.6 Å². The lowest BCUT2D eigenvalue weighted by Crippen LogP contribution is -2.22. The summed E-state index contributed by atoms with van der Waals surface area (Å²) >= 11 is 0. The van der Waals surface area contributed by atoms with Crippen LogP contribution < -0.4 is 5.11 Å². The predicted molar refractivity (Wildman–Crippen MR) is 47.1 cm³/mol. The minimum atomic E-state index is -4.15. The summed E-state index contributed by atoms with van der Waals surface area (Å²) in [5.41, 5.74) is 7.69. The fraction of sp³-hybridized carbons (Fsp3) is 0. The highest BCUT2D eigenvalue weighted by Crippen LogP contribution is 2.13. The maximum absolute atomic E-state index is 11.2. The number of carbonyl (C=O) groups is 1. The maximum atomic E-state index is 11.2. The van der Waals surface area contributed by atoms with E-state index in [0.717, 1.165) is 12.1 Å². The van der Waals surface area contributed by atoms with Crippen LogP contribution in [0.4, 0.5) is 0 Å². The Bertz CT molecular complexity index is 545. The third kappa shape index (κ3) is 2.46. The number of benzene rings is 1. The SMILES string of the molecule is [N-]=[N+]=NS(=O)(=O)c1cccc(C(=O)[O-])c1. The molecule has 0 radical (unpaired) electrons. The molecule has 0 aliphatic rings. The summed E-state index contributed by atoms with van der Waals surface area (Å²) in [5.74, 6) is -1.51. The molecule has 0 spiro atoms. The normalized spacial score (nSPS) is 10.4. The molecule has 1 rings (SSSR count). The van der Waals surface area contributed by atoms with E-state index in [9.17, 15) is 18.3 Å². The number of azide groups is 1. The van der Waals surface area contributed by atoms with E-state index < -0.39 is 16.0 Å². The van der Waals surface area contributed by atoms with Gasteiger partial charge in [0.15, 0.2) is 0 Å². The first-order chi connectivity index (χ1) is 6.97. The van der Waals surface area contributed by atoms with Crippen molar-refractivity contribution in [3.63, 3.8) is 0 Å². The van der Waals surface area contributed by atoms with E-state index in [1.54, 1.807) is 0 Å². The smallest absolute Gasteiger partial charge is 0.264 e. The minimum absolute atomic E-state index is 0.302. The highest BCUT2D eigenvalue weighted by Gasteiger charge is 2.11. The van der Waals surface area contributed by atoms with Crippen molar-refractivity contribution in [1.82, 2.24) is 0 Å². The molecular weight excluding hydrogens is 222 g/mol. The van der Waals surface area contributed by atoms with Gasteiger partial charge in [0.1, 0.15) is 0 Å². The van der Waals surface area contributed by atoms with Gasteiger partial charge >= 0.3 is 0 Å². The summed E-state index contributed by atoms with van der Waals surface area (Å²) in [6.07, 6.45) is 0. The summed E-state index contributed by atoms with van der Waals surface area (Å²) in [7, 11) is -4.15. The van der Waals surface area contributed by atoms with Crippen LogP contribution in [0.2, 0.25) is 0 Å². The van der Waals surface area contributed by atoms with E-state index in [2.05, 4.69) is 9.43 Å². The van der Waals surface area contributed by atoms with Crippen molar-refractivity contribution in [3.05, 3.63) is 40.3 Å². The van der Waals surface area contributed by atoms with Crippen LogP contribution in [0.1, 0.15) is 10.4 Å². The van der Waals surface area contributed by atoms with Crippen LogP contribution >= 0.6 is 0 Å². The van der Waals surface area contributed by atoms with Gasteiger partial charge in [0.05, 0.1) is 10.9 Å². The number of hydrogen-bond donors (Lipinski definition) is 0. The van der Waals surface area contributed by atoms with E-state index >= 15 is 0 Å². The zero-order chi connectivity index (χ0) is 11.5. The van der Waals surface area contributed by atoms with E-state index in [0.29, 0.717) is 0 Å². The quantitative estimate of drug-likeness (QED) is 0.410. The molecule has 0 atom stereocenters. The molecule has 0 aliphatic carbocycles. The van der Waals surface area contributed by atoms with E-state index in [4.69, 9.17) is 5.53 Å². The molecule has 78 valence electrons. The highest BCUT2D eigenvalue weighted by atomic mass is 32.2. The van der Waals surface area contributed by atoms with E-state index in [-0.39, 0.29) is 10.5 Å². The van der Waals surface area contributed by atoms with Crippen molar-refractivity contribution >= 4 is 16.0 Å². The van der Waals surface area contributed by atoms with Crippen molar-refractivity contribution in [2.75, 3.05) is 0 Å². The van der Waals surface area contributed by atoms with Gasteiger partial charge in [-0.3, -0.25) is 0 Å². The number of hydrogen-bond acceptors (Lipinski definition) is 4. The highest BCUT2D eigenvalue weighted by molar-refractivity contribution is 7.90. The summed E-state index contributed by atoms with van der Waals surface area (Å²) in [6, 6.07) is 4.37. The lowest BCUT2D eigenvalue weighted by Gasteiger charge is -2.03. The molecule has 0 N–H and O–H groups in total. The first-order valence-corrected chi connectivity index (χ1v) is 5.04. The van der Waals surface area contributed by atoms with Crippen LogP contribution in [0.5, 0.6) is 0 Å². The third-order valence-electron chi connectivity index (χ3n) is 1.51. The van der Waals surface area contributed by atoms with Crippen LogP contribution in [-0.4, -0.2) is 14.4 Å². The van der Waals surface area contributed by atoms with Crippen LogP contribution in [0.25, 0.3) is 10.4 Å². The summed E-state index contributed by atoms with van der Waals surface area (Å²) in [5, 5.41) is 10.4. The summed E-state index contributed by atoms with van der Waals surface area (Å²) in [4.78, 5) is 12.2. The minimum Gasteiger partial charge on any atom is -0.545 e. The number of aromatic carboxylic acids is 1. The van der Waals surface area contributed by atoms with Gasteiger partial charge in [0.25, 0.3) is 10.0 Å². The lowest BCUT2D eigenvalue weighted by atomic mass is 10.2. The topological polar surface area (TPSA) is 123 Å². The fourth-order valence-electron chi connectivity index (χ4n) is 0.879. The van der Waals surface area contributed by atoms with Gasteiger partial charge in [-0.2, -0.15) is 0 Å². The van der Waals surface area contributed by atoms with E-state index in [1.165, 1.54) is 12.1 Å². The van der Waals surface area contributed by atoms with Crippen molar-refractivity contribution in [2.45, 2.75) is 4.90 Å². The van der Waals surface area contributed by atoms with Gasteiger partial charge < -0.3 is 9.90 Å². The van der Waals surface area contributed by atoms with Gasteiger partial charge in [0.2, 0.25) is 0 Å². The van der Waals surface area contributed by atoms with Crippen LogP contribution in [0, 0.1) is 0 Å². The van der Waals surface area contributed by atoms with Gasteiger partial charge in [-0.15, -0.1) is 0 Å². The van der Waals surface area contributed by atoms with Gasteiger partial charge in [-0.1, -0.05) is 12.1 Å². The Kier molecular flexibility index (Phi) is 2.93. The number of rotatable bonds is 3.